The minimum atomic E-state index is 0.221. The van der Waals surface area contributed by atoms with Crippen molar-refractivity contribution < 1.29 is 14.3 Å². The van der Waals surface area contributed by atoms with Crippen LogP contribution in [0.1, 0.15) is 79.3 Å². The van der Waals surface area contributed by atoms with Gasteiger partial charge in [0.15, 0.2) is 5.78 Å². The van der Waals surface area contributed by atoms with Crippen molar-refractivity contribution in [2.75, 3.05) is 13.2 Å². The molecule has 0 unspecified atom stereocenters. The molecule has 0 amide bonds. The monoisotopic (exact) mass is 470 g/mol. The molecule has 0 N–H and O–H groups in total. The van der Waals surface area contributed by atoms with Crippen LogP contribution in [-0.4, -0.2) is 19.0 Å². The predicted octanol–water partition coefficient (Wildman–Crippen LogP) is 8.03. The normalized spacial score (nSPS) is 17.6. The average molecular weight is 471 g/mol. The summed E-state index contributed by atoms with van der Waals surface area (Å²) < 4.78 is 12.2. The van der Waals surface area contributed by atoms with E-state index in [-0.39, 0.29) is 5.78 Å². The minimum Gasteiger partial charge on any atom is -0.493 e. The Morgan fingerprint density at radius 2 is 1.51 bits per heavy atom. The van der Waals surface area contributed by atoms with E-state index in [0.717, 1.165) is 36.3 Å². The van der Waals surface area contributed by atoms with E-state index >= 15 is 0 Å². The van der Waals surface area contributed by atoms with Gasteiger partial charge in [0, 0.05) is 18.4 Å². The number of carbonyl (C=O) groups is 1. The minimum absolute atomic E-state index is 0.221. The summed E-state index contributed by atoms with van der Waals surface area (Å²) in [5, 5.41) is 0. The molecule has 0 spiro atoms. The molecule has 184 valence electrons. The highest BCUT2D eigenvalue weighted by molar-refractivity contribution is 5.96. The molecule has 0 aliphatic heterocycles. The number of carbonyl (C=O) groups excluding carboxylic acids is 1. The van der Waals surface area contributed by atoms with E-state index in [4.69, 9.17) is 9.47 Å². The van der Waals surface area contributed by atoms with Crippen LogP contribution in [0.15, 0.2) is 78.9 Å². The zero-order valence-electron chi connectivity index (χ0n) is 21.0. The molecule has 35 heavy (non-hydrogen) atoms. The van der Waals surface area contributed by atoms with Crippen molar-refractivity contribution >= 4 is 5.78 Å². The Hall–Kier alpha value is -3.07. The van der Waals surface area contributed by atoms with Gasteiger partial charge in [-0.1, -0.05) is 68.7 Å². The fourth-order valence-electron chi connectivity index (χ4n) is 5.01. The van der Waals surface area contributed by atoms with Crippen molar-refractivity contribution in [3.63, 3.8) is 0 Å². The Balaban J connectivity index is 1.29. The summed E-state index contributed by atoms with van der Waals surface area (Å²) in [5.74, 6) is 3.01. The van der Waals surface area contributed by atoms with Crippen molar-refractivity contribution in [1.29, 1.82) is 0 Å². The fourth-order valence-corrected chi connectivity index (χ4v) is 5.01. The molecule has 3 heteroatoms. The molecule has 0 heterocycles. The third kappa shape index (κ3) is 7.45. The molecule has 1 aliphatic carbocycles. The van der Waals surface area contributed by atoms with Gasteiger partial charge in [0.05, 0.1) is 13.2 Å². The van der Waals surface area contributed by atoms with Crippen molar-refractivity contribution in [1.82, 2.24) is 0 Å². The van der Waals surface area contributed by atoms with Crippen LogP contribution in [0.3, 0.4) is 0 Å². The zero-order valence-corrected chi connectivity index (χ0v) is 21.0. The molecule has 3 nitrogen and oxygen atoms in total. The van der Waals surface area contributed by atoms with E-state index in [0.29, 0.717) is 31.5 Å². The van der Waals surface area contributed by atoms with E-state index in [1.807, 2.05) is 30.3 Å². The first-order valence-corrected chi connectivity index (χ1v) is 13.3. The van der Waals surface area contributed by atoms with Crippen molar-refractivity contribution in [2.24, 2.45) is 5.92 Å². The quantitative estimate of drug-likeness (QED) is 0.251. The molecule has 4 rings (SSSR count). The molecule has 1 fully saturated rings. The molecular weight excluding hydrogens is 432 g/mol. The van der Waals surface area contributed by atoms with Gasteiger partial charge in [0.25, 0.3) is 0 Å². The summed E-state index contributed by atoms with van der Waals surface area (Å²) >= 11 is 0. The smallest absolute Gasteiger partial charge is 0.162 e. The molecule has 1 aliphatic rings. The lowest BCUT2D eigenvalue weighted by Crippen LogP contribution is -2.24. The second-order valence-corrected chi connectivity index (χ2v) is 9.67. The standard InChI is InChI=1S/C32H38O3/c1-2-3-13-32(33)27-16-20-30(21-17-27)35-24-28-11-7-8-12-31(28)26-14-18-29(19-15-26)34-23-22-25-9-5-4-6-10-25/h4-6,9-10,14-21,28,31H,2-3,7-8,11-13,22-24H2,1H3/t28-,31-/m0/s1. The van der Waals surface area contributed by atoms with Gasteiger partial charge in [-0.3, -0.25) is 4.79 Å². The summed E-state index contributed by atoms with van der Waals surface area (Å²) in [5.41, 5.74) is 3.46. The van der Waals surface area contributed by atoms with Crippen LogP contribution in [0.25, 0.3) is 0 Å². The highest BCUT2D eigenvalue weighted by Gasteiger charge is 2.27. The Bertz CT molecular complexity index is 1020. The van der Waals surface area contributed by atoms with Crippen molar-refractivity contribution in [2.45, 2.75) is 64.2 Å². The van der Waals surface area contributed by atoms with Crippen LogP contribution in [0.5, 0.6) is 11.5 Å². The Labute approximate surface area is 210 Å². The van der Waals surface area contributed by atoms with E-state index in [1.165, 1.54) is 36.8 Å². The van der Waals surface area contributed by atoms with Gasteiger partial charge in [0.1, 0.15) is 11.5 Å². The SMILES string of the molecule is CCCCC(=O)c1ccc(OC[C@@H]2CCCC[C@H]2c2ccc(OCCc3ccccc3)cc2)cc1. The molecule has 3 aromatic carbocycles. The molecular formula is C32H38O3. The van der Waals surface area contributed by atoms with Gasteiger partial charge in [-0.2, -0.15) is 0 Å². The van der Waals surface area contributed by atoms with Crippen LogP contribution < -0.4 is 9.47 Å². The molecule has 3 aromatic rings. The van der Waals surface area contributed by atoms with Gasteiger partial charge in [0.2, 0.25) is 0 Å². The number of hydrogen-bond donors (Lipinski definition) is 0. The summed E-state index contributed by atoms with van der Waals surface area (Å²) in [7, 11) is 0. The summed E-state index contributed by atoms with van der Waals surface area (Å²) in [4.78, 5) is 12.2. The van der Waals surface area contributed by atoms with E-state index in [2.05, 4.69) is 55.5 Å². The predicted molar refractivity (Wildman–Crippen MR) is 143 cm³/mol. The van der Waals surface area contributed by atoms with Gasteiger partial charge in [-0.25, -0.2) is 0 Å². The topological polar surface area (TPSA) is 35.5 Å². The Kier molecular flexibility index (Phi) is 9.39. The lowest BCUT2D eigenvalue weighted by molar-refractivity contribution is 0.0979. The number of ether oxygens (including phenoxy) is 2. The first-order chi connectivity index (χ1) is 17.2. The average Bonchev–Trinajstić information content (AvgIpc) is 2.92. The molecule has 2 atom stereocenters. The number of hydrogen-bond acceptors (Lipinski definition) is 3. The highest BCUT2D eigenvalue weighted by atomic mass is 16.5. The van der Waals surface area contributed by atoms with Crippen LogP contribution in [0.2, 0.25) is 0 Å². The van der Waals surface area contributed by atoms with E-state index in [1.54, 1.807) is 0 Å². The van der Waals surface area contributed by atoms with Crippen LogP contribution in [-0.2, 0) is 6.42 Å². The first kappa shape index (κ1) is 25.0. The summed E-state index contributed by atoms with van der Waals surface area (Å²) in [6.07, 6.45) is 8.44. The molecule has 0 radical (unpaired) electrons. The number of benzene rings is 3. The number of Topliss-reactive ketones (excluding diaryl/α,β-unsaturated/α-hetero) is 1. The second-order valence-electron chi connectivity index (χ2n) is 9.67. The van der Waals surface area contributed by atoms with Crippen LogP contribution >= 0.6 is 0 Å². The van der Waals surface area contributed by atoms with Gasteiger partial charge in [-0.15, -0.1) is 0 Å². The largest absolute Gasteiger partial charge is 0.493 e. The van der Waals surface area contributed by atoms with Crippen LogP contribution in [0, 0.1) is 5.92 Å². The fraction of sp³-hybridized carbons (Fsp3) is 0.406. The third-order valence-electron chi connectivity index (χ3n) is 7.12. The maximum absolute atomic E-state index is 12.2. The molecule has 0 aromatic heterocycles. The lowest BCUT2D eigenvalue weighted by Gasteiger charge is -2.32. The Morgan fingerprint density at radius 1 is 0.829 bits per heavy atom. The third-order valence-corrected chi connectivity index (χ3v) is 7.12. The first-order valence-electron chi connectivity index (χ1n) is 13.3. The van der Waals surface area contributed by atoms with Crippen LogP contribution in [0.4, 0.5) is 0 Å². The van der Waals surface area contributed by atoms with E-state index in [9.17, 15) is 4.79 Å². The number of unbranched alkanes of at least 4 members (excludes halogenated alkanes) is 1. The van der Waals surface area contributed by atoms with Gasteiger partial charge < -0.3 is 9.47 Å². The maximum Gasteiger partial charge on any atom is 0.162 e. The highest BCUT2D eigenvalue weighted by Crippen LogP contribution is 2.38. The maximum atomic E-state index is 12.2. The van der Waals surface area contributed by atoms with E-state index < -0.39 is 0 Å². The summed E-state index contributed by atoms with van der Waals surface area (Å²) in [6.45, 7) is 3.51. The Morgan fingerprint density at radius 3 is 2.26 bits per heavy atom. The molecule has 0 bridgehead atoms. The molecule has 1 saturated carbocycles. The second kappa shape index (κ2) is 13.1. The number of rotatable bonds is 12. The van der Waals surface area contributed by atoms with Gasteiger partial charge >= 0.3 is 0 Å². The van der Waals surface area contributed by atoms with Crippen molar-refractivity contribution in [3.05, 3.63) is 95.6 Å². The molecule has 0 saturated heterocycles. The van der Waals surface area contributed by atoms with Gasteiger partial charge in [-0.05, 0) is 78.6 Å². The lowest BCUT2D eigenvalue weighted by atomic mass is 9.76. The number of ketones is 1. The summed E-state index contributed by atoms with van der Waals surface area (Å²) in [6, 6.07) is 26.8. The van der Waals surface area contributed by atoms with Crippen molar-refractivity contribution in [3.8, 4) is 11.5 Å². The zero-order chi connectivity index (χ0) is 24.3.